The third-order valence-electron chi connectivity index (χ3n) is 3.51. The van der Waals surface area contributed by atoms with Crippen LogP contribution in [0.15, 0.2) is 54.7 Å². The smallest absolute Gasteiger partial charge is 0.126 e. The summed E-state index contributed by atoms with van der Waals surface area (Å²) >= 11 is 1.72. The van der Waals surface area contributed by atoms with Crippen LogP contribution in [0.4, 0.5) is 0 Å². The molecule has 0 aliphatic rings. The number of aromatic nitrogens is 2. The fraction of sp³-hybridized carbons (Fsp3) is 0.0588. The number of para-hydroxylation sites is 2. The van der Waals surface area contributed by atoms with Crippen molar-refractivity contribution < 1.29 is 0 Å². The van der Waals surface area contributed by atoms with Gasteiger partial charge in [0.1, 0.15) is 5.01 Å². The molecule has 0 saturated carbocycles. The molecule has 3 heteroatoms. The molecule has 0 aliphatic carbocycles. The monoisotopic (exact) mass is 276 g/mol. The minimum atomic E-state index is 1.03. The van der Waals surface area contributed by atoms with Crippen molar-refractivity contribution in [1.29, 1.82) is 0 Å². The van der Waals surface area contributed by atoms with Gasteiger partial charge < -0.3 is 0 Å². The molecule has 0 N–H and O–H groups in total. The molecule has 2 aromatic carbocycles. The van der Waals surface area contributed by atoms with Crippen molar-refractivity contribution in [3.8, 4) is 10.6 Å². The summed E-state index contributed by atoms with van der Waals surface area (Å²) in [5, 5.41) is 2.24. The standard InChI is InChI=1S/C17H12N2S/c1-11-9-10-18-16-12(11)5-4-6-13(16)17-19-14-7-2-3-8-15(14)20-17/h2-10H,1H3. The lowest BCUT2D eigenvalue weighted by Gasteiger charge is -2.04. The van der Waals surface area contributed by atoms with E-state index in [-0.39, 0.29) is 0 Å². The molecule has 0 radical (unpaired) electrons. The van der Waals surface area contributed by atoms with Crippen molar-refractivity contribution in [1.82, 2.24) is 9.97 Å². The van der Waals surface area contributed by atoms with Crippen LogP contribution in [0.1, 0.15) is 5.56 Å². The van der Waals surface area contributed by atoms with Gasteiger partial charge in [-0.05, 0) is 36.8 Å². The van der Waals surface area contributed by atoms with E-state index in [1.54, 1.807) is 11.3 Å². The van der Waals surface area contributed by atoms with Crippen LogP contribution < -0.4 is 0 Å². The first-order chi connectivity index (χ1) is 9.83. The third kappa shape index (κ3) is 1.71. The van der Waals surface area contributed by atoms with E-state index in [0.717, 1.165) is 21.6 Å². The Hall–Kier alpha value is -2.26. The minimum absolute atomic E-state index is 1.03. The maximum atomic E-state index is 4.74. The van der Waals surface area contributed by atoms with Crippen LogP contribution in [0.5, 0.6) is 0 Å². The van der Waals surface area contributed by atoms with Crippen molar-refractivity contribution >= 4 is 32.5 Å². The first-order valence-corrected chi connectivity index (χ1v) is 7.35. The highest BCUT2D eigenvalue weighted by atomic mass is 32.1. The fourth-order valence-corrected chi connectivity index (χ4v) is 3.47. The molecule has 0 unspecified atom stereocenters. The van der Waals surface area contributed by atoms with Crippen LogP contribution in [0.2, 0.25) is 0 Å². The van der Waals surface area contributed by atoms with Crippen molar-refractivity contribution in [2.24, 2.45) is 0 Å². The van der Waals surface area contributed by atoms with E-state index in [4.69, 9.17) is 4.98 Å². The quantitative estimate of drug-likeness (QED) is 0.498. The van der Waals surface area contributed by atoms with Gasteiger partial charge in [-0.25, -0.2) is 4.98 Å². The average molecular weight is 276 g/mol. The second kappa shape index (κ2) is 4.39. The summed E-state index contributed by atoms with van der Waals surface area (Å²) in [6, 6.07) is 16.6. The zero-order valence-corrected chi connectivity index (χ0v) is 11.8. The molecule has 4 rings (SSSR count). The zero-order valence-electron chi connectivity index (χ0n) is 11.0. The predicted molar refractivity (Wildman–Crippen MR) is 85.1 cm³/mol. The Labute approximate surface area is 120 Å². The van der Waals surface area contributed by atoms with Gasteiger partial charge in [0.05, 0.1) is 15.7 Å². The van der Waals surface area contributed by atoms with E-state index in [9.17, 15) is 0 Å². The van der Waals surface area contributed by atoms with Gasteiger partial charge in [0.25, 0.3) is 0 Å². The first-order valence-electron chi connectivity index (χ1n) is 6.53. The summed E-state index contributed by atoms with van der Waals surface area (Å²) in [5.41, 5.74) is 4.45. The second-order valence-electron chi connectivity index (χ2n) is 4.82. The number of pyridine rings is 1. The topological polar surface area (TPSA) is 25.8 Å². The summed E-state index contributed by atoms with van der Waals surface area (Å²) in [7, 11) is 0. The molecule has 0 amide bonds. The molecular weight excluding hydrogens is 264 g/mol. The van der Waals surface area contributed by atoms with Gasteiger partial charge in [0, 0.05) is 17.1 Å². The number of rotatable bonds is 1. The lowest BCUT2D eigenvalue weighted by atomic mass is 10.1. The molecule has 4 aromatic rings. The van der Waals surface area contributed by atoms with Crippen molar-refractivity contribution in [3.63, 3.8) is 0 Å². The van der Waals surface area contributed by atoms with Gasteiger partial charge in [0.2, 0.25) is 0 Å². The zero-order chi connectivity index (χ0) is 13.5. The largest absolute Gasteiger partial charge is 0.255 e. The Morgan fingerprint density at radius 1 is 0.950 bits per heavy atom. The molecule has 2 aromatic heterocycles. The van der Waals surface area contributed by atoms with E-state index >= 15 is 0 Å². The van der Waals surface area contributed by atoms with Gasteiger partial charge in [-0.1, -0.05) is 24.3 Å². The summed E-state index contributed by atoms with van der Waals surface area (Å²) in [6.45, 7) is 2.12. The van der Waals surface area contributed by atoms with E-state index in [0.29, 0.717) is 0 Å². The van der Waals surface area contributed by atoms with Crippen LogP contribution in [0.25, 0.3) is 31.7 Å². The average Bonchev–Trinajstić information content (AvgIpc) is 2.91. The number of fused-ring (bicyclic) bond motifs is 2. The molecular formula is C17H12N2S. The number of thiazole rings is 1. The minimum Gasteiger partial charge on any atom is -0.255 e. The van der Waals surface area contributed by atoms with E-state index < -0.39 is 0 Å². The van der Waals surface area contributed by atoms with Gasteiger partial charge in [0.15, 0.2) is 0 Å². The summed E-state index contributed by atoms with van der Waals surface area (Å²) in [4.78, 5) is 9.30. The molecule has 2 heterocycles. The van der Waals surface area contributed by atoms with Crippen molar-refractivity contribution in [2.45, 2.75) is 6.92 Å². The molecule has 0 bridgehead atoms. The normalized spacial score (nSPS) is 11.2. The molecule has 2 nitrogen and oxygen atoms in total. The second-order valence-corrected chi connectivity index (χ2v) is 5.85. The van der Waals surface area contributed by atoms with Crippen LogP contribution in [-0.2, 0) is 0 Å². The number of hydrogen-bond acceptors (Lipinski definition) is 3. The molecule has 0 saturated heterocycles. The number of nitrogens with zero attached hydrogens (tertiary/aromatic N) is 2. The molecule has 0 aliphatic heterocycles. The lowest BCUT2D eigenvalue weighted by molar-refractivity contribution is 1.36. The highest BCUT2D eigenvalue weighted by molar-refractivity contribution is 7.21. The maximum absolute atomic E-state index is 4.74. The van der Waals surface area contributed by atoms with Crippen molar-refractivity contribution in [3.05, 3.63) is 60.3 Å². The SMILES string of the molecule is Cc1ccnc2c(-c3nc4ccccc4s3)cccc12. The van der Waals surface area contributed by atoms with Gasteiger partial charge in [-0.15, -0.1) is 11.3 Å². The highest BCUT2D eigenvalue weighted by Gasteiger charge is 2.10. The Morgan fingerprint density at radius 3 is 2.75 bits per heavy atom. The van der Waals surface area contributed by atoms with Crippen LogP contribution in [0.3, 0.4) is 0 Å². The molecule has 20 heavy (non-hydrogen) atoms. The van der Waals surface area contributed by atoms with Gasteiger partial charge >= 0.3 is 0 Å². The number of benzene rings is 2. The lowest BCUT2D eigenvalue weighted by Crippen LogP contribution is -1.86. The predicted octanol–water partition coefficient (Wildman–Crippen LogP) is 4.82. The van der Waals surface area contributed by atoms with Crippen LogP contribution >= 0.6 is 11.3 Å². The molecule has 0 atom stereocenters. The summed E-state index contributed by atoms with van der Waals surface area (Å²) < 4.78 is 1.21. The Morgan fingerprint density at radius 2 is 1.85 bits per heavy atom. The van der Waals surface area contributed by atoms with E-state index in [2.05, 4.69) is 48.3 Å². The first kappa shape index (κ1) is 11.6. The number of aryl methyl sites for hydroxylation is 1. The van der Waals surface area contributed by atoms with Gasteiger partial charge in [-0.3, -0.25) is 4.98 Å². The third-order valence-corrected chi connectivity index (χ3v) is 4.58. The highest BCUT2D eigenvalue weighted by Crippen LogP contribution is 2.34. The summed E-state index contributed by atoms with van der Waals surface area (Å²) in [5.74, 6) is 0. The Bertz CT molecular complexity index is 891. The van der Waals surface area contributed by atoms with Gasteiger partial charge in [-0.2, -0.15) is 0 Å². The molecule has 96 valence electrons. The number of hydrogen-bond donors (Lipinski definition) is 0. The van der Waals surface area contributed by atoms with Crippen molar-refractivity contribution in [2.75, 3.05) is 0 Å². The van der Waals surface area contributed by atoms with Crippen LogP contribution in [-0.4, -0.2) is 9.97 Å². The Balaban J connectivity index is 2.04. The van der Waals surface area contributed by atoms with Crippen LogP contribution in [0, 0.1) is 6.92 Å². The summed E-state index contributed by atoms with van der Waals surface area (Å²) in [6.07, 6.45) is 1.87. The fourth-order valence-electron chi connectivity index (χ4n) is 2.47. The molecule has 0 fully saturated rings. The molecule has 0 spiro atoms. The maximum Gasteiger partial charge on any atom is 0.126 e. The van der Waals surface area contributed by atoms with E-state index in [1.807, 2.05) is 18.3 Å². The van der Waals surface area contributed by atoms with E-state index in [1.165, 1.54) is 15.6 Å². The Kier molecular flexibility index (Phi) is 2.54.